The largest absolute Gasteiger partial charge is 0.392 e. The lowest BCUT2D eigenvalue weighted by atomic mass is 10.1. The molecule has 0 amide bonds. The molecule has 3 heteroatoms. The van der Waals surface area contributed by atoms with E-state index in [4.69, 9.17) is 5.11 Å². The lowest BCUT2D eigenvalue weighted by molar-refractivity contribution is -0.114. The minimum Gasteiger partial charge on any atom is -0.392 e. The number of allylic oxidation sites excluding steroid dienone is 2. The number of nitrogens with one attached hydrogen (secondary N) is 1. The number of carbonyl (C=O) groups is 1. The average Bonchev–Trinajstić information content (AvgIpc) is 2.73. The molecule has 0 radical (unpaired) electrons. The van der Waals surface area contributed by atoms with Crippen molar-refractivity contribution >= 4 is 5.78 Å². The molecule has 2 N–H and O–H groups in total. The molecule has 3 nitrogen and oxygen atoms in total. The first kappa shape index (κ1) is 10.9. The number of hydrogen-bond acceptors (Lipinski definition) is 3. The number of ketones is 1. The molecule has 0 unspecified atom stereocenters. The van der Waals surface area contributed by atoms with Crippen LogP contribution in [0.1, 0.15) is 24.0 Å². The van der Waals surface area contributed by atoms with E-state index in [1.165, 1.54) is 0 Å². The van der Waals surface area contributed by atoms with Crippen molar-refractivity contribution in [2.75, 3.05) is 0 Å². The average molecular weight is 217 g/mol. The Kier molecular flexibility index (Phi) is 3.37. The van der Waals surface area contributed by atoms with E-state index in [1.807, 2.05) is 24.3 Å². The van der Waals surface area contributed by atoms with Crippen LogP contribution in [0, 0.1) is 0 Å². The summed E-state index contributed by atoms with van der Waals surface area (Å²) in [4.78, 5) is 11.0. The Morgan fingerprint density at radius 2 is 1.81 bits per heavy atom. The van der Waals surface area contributed by atoms with Crippen molar-refractivity contribution in [3.63, 3.8) is 0 Å². The Bertz CT molecular complexity index is 406. The number of hydrogen-bond donors (Lipinski definition) is 2. The summed E-state index contributed by atoms with van der Waals surface area (Å²) in [5.41, 5.74) is 3.09. The highest BCUT2D eigenvalue weighted by molar-refractivity contribution is 5.92. The zero-order valence-electron chi connectivity index (χ0n) is 9.07. The van der Waals surface area contributed by atoms with Gasteiger partial charge in [-0.15, -0.1) is 0 Å². The van der Waals surface area contributed by atoms with E-state index < -0.39 is 0 Å². The van der Waals surface area contributed by atoms with Crippen LogP contribution in [0.15, 0.2) is 36.0 Å². The smallest absolute Gasteiger partial charge is 0.157 e. The second kappa shape index (κ2) is 4.94. The van der Waals surface area contributed by atoms with Crippen LogP contribution in [0.3, 0.4) is 0 Å². The van der Waals surface area contributed by atoms with Crippen LogP contribution in [0.25, 0.3) is 0 Å². The molecular formula is C13H15NO2. The maximum Gasteiger partial charge on any atom is 0.157 e. The topological polar surface area (TPSA) is 49.3 Å². The van der Waals surface area contributed by atoms with E-state index in [0.717, 1.165) is 29.8 Å². The molecule has 84 valence electrons. The summed E-state index contributed by atoms with van der Waals surface area (Å²) in [6.07, 6.45) is 3.14. The van der Waals surface area contributed by atoms with Gasteiger partial charge in [0.15, 0.2) is 5.78 Å². The highest BCUT2D eigenvalue weighted by Gasteiger charge is 2.10. The lowest BCUT2D eigenvalue weighted by Crippen LogP contribution is -2.11. The summed E-state index contributed by atoms with van der Waals surface area (Å²) >= 11 is 0. The minimum absolute atomic E-state index is 0.0767. The van der Waals surface area contributed by atoms with Gasteiger partial charge in [-0.2, -0.15) is 0 Å². The zero-order valence-corrected chi connectivity index (χ0v) is 9.07. The maximum absolute atomic E-state index is 11.0. The van der Waals surface area contributed by atoms with Crippen molar-refractivity contribution < 1.29 is 9.90 Å². The molecule has 0 bridgehead atoms. The van der Waals surface area contributed by atoms with Crippen molar-refractivity contribution in [2.45, 2.75) is 26.0 Å². The molecule has 1 aromatic carbocycles. The van der Waals surface area contributed by atoms with Crippen LogP contribution in [-0.2, 0) is 17.9 Å². The van der Waals surface area contributed by atoms with Gasteiger partial charge in [0.1, 0.15) is 0 Å². The summed E-state index contributed by atoms with van der Waals surface area (Å²) in [5.74, 6) is 0.207. The molecule has 1 aromatic rings. The molecule has 0 aliphatic heterocycles. The number of benzene rings is 1. The molecule has 16 heavy (non-hydrogen) atoms. The third kappa shape index (κ3) is 2.70. The fourth-order valence-corrected chi connectivity index (χ4v) is 1.71. The molecule has 2 rings (SSSR count). The molecule has 0 fully saturated rings. The van der Waals surface area contributed by atoms with Gasteiger partial charge in [-0.25, -0.2) is 0 Å². The van der Waals surface area contributed by atoms with Crippen LogP contribution in [-0.4, -0.2) is 10.9 Å². The van der Waals surface area contributed by atoms with Gasteiger partial charge in [0, 0.05) is 24.7 Å². The van der Waals surface area contributed by atoms with Crippen LogP contribution in [0.4, 0.5) is 0 Å². The van der Waals surface area contributed by atoms with Gasteiger partial charge in [-0.3, -0.25) is 4.79 Å². The fraction of sp³-hybridized carbons (Fsp3) is 0.308. The standard InChI is InChI=1S/C13H15NO2/c15-9-11-3-1-10(2-4-11)8-14-12-5-6-13(16)7-12/h1-4,7,14-15H,5-6,8-9H2. The zero-order chi connectivity index (χ0) is 11.4. The van der Waals surface area contributed by atoms with E-state index in [-0.39, 0.29) is 12.4 Å². The van der Waals surface area contributed by atoms with Gasteiger partial charge in [0.05, 0.1) is 6.61 Å². The number of rotatable bonds is 4. The van der Waals surface area contributed by atoms with Crippen molar-refractivity contribution in [3.05, 3.63) is 47.2 Å². The highest BCUT2D eigenvalue weighted by atomic mass is 16.3. The Morgan fingerprint density at radius 3 is 2.38 bits per heavy atom. The van der Waals surface area contributed by atoms with Gasteiger partial charge in [0.25, 0.3) is 0 Å². The minimum atomic E-state index is 0.0767. The van der Waals surface area contributed by atoms with Crippen molar-refractivity contribution in [3.8, 4) is 0 Å². The van der Waals surface area contributed by atoms with Gasteiger partial charge >= 0.3 is 0 Å². The second-order valence-electron chi connectivity index (χ2n) is 3.96. The number of aliphatic hydroxyl groups excluding tert-OH is 1. The SMILES string of the molecule is O=C1C=C(NCc2ccc(CO)cc2)CC1. The van der Waals surface area contributed by atoms with E-state index in [9.17, 15) is 4.79 Å². The molecule has 0 atom stereocenters. The molecular weight excluding hydrogens is 202 g/mol. The van der Waals surface area contributed by atoms with Crippen LogP contribution >= 0.6 is 0 Å². The van der Waals surface area contributed by atoms with Crippen LogP contribution in [0.5, 0.6) is 0 Å². The van der Waals surface area contributed by atoms with Crippen molar-refractivity contribution in [1.29, 1.82) is 0 Å². The third-order valence-electron chi connectivity index (χ3n) is 2.70. The van der Waals surface area contributed by atoms with Crippen molar-refractivity contribution in [1.82, 2.24) is 5.32 Å². The summed E-state index contributed by atoms with van der Waals surface area (Å²) < 4.78 is 0. The van der Waals surface area contributed by atoms with Crippen LogP contribution in [0.2, 0.25) is 0 Å². The van der Waals surface area contributed by atoms with E-state index in [2.05, 4.69) is 5.32 Å². The Labute approximate surface area is 94.8 Å². The second-order valence-corrected chi connectivity index (χ2v) is 3.96. The van der Waals surface area contributed by atoms with Gasteiger partial charge < -0.3 is 10.4 Å². The van der Waals surface area contributed by atoms with Crippen molar-refractivity contribution in [2.24, 2.45) is 0 Å². The molecule has 1 aliphatic rings. The van der Waals surface area contributed by atoms with Gasteiger partial charge in [-0.05, 0) is 17.5 Å². The quantitative estimate of drug-likeness (QED) is 0.803. The Balaban J connectivity index is 1.89. The maximum atomic E-state index is 11.0. The fourth-order valence-electron chi connectivity index (χ4n) is 1.71. The first-order valence-electron chi connectivity index (χ1n) is 5.44. The monoisotopic (exact) mass is 217 g/mol. The first-order chi connectivity index (χ1) is 7.78. The number of carbonyl (C=O) groups excluding carboxylic acids is 1. The number of aliphatic hydroxyl groups is 1. The normalized spacial score (nSPS) is 15.1. The van der Waals surface area contributed by atoms with Gasteiger partial charge in [-0.1, -0.05) is 24.3 Å². The third-order valence-corrected chi connectivity index (χ3v) is 2.70. The molecule has 0 heterocycles. The predicted octanol–water partition coefficient (Wildman–Crippen LogP) is 1.52. The highest BCUT2D eigenvalue weighted by Crippen LogP contribution is 2.13. The molecule has 0 aromatic heterocycles. The Morgan fingerprint density at radius 1 is 1.12 bits per heavy atom. The summed E-state index contributed by atoms with van der Waals surface area (Å²) in [6.45, 7) is 0.804. The van der Waals surface area contributed by atoms with E-state index in [1.54, 1.807) is 6.08 Å². The molecule has 1 aliphatic carbocycles. The predicted molar refractivity (Wildman–Crippen MR) is 61.5 cm³/mol. The summed E-state index contributed by atoms with van der Waals surface area (Å²) in [7, 11) is 0. The summed E-state index contributed by atoms with van der Waals surface area (Å²) in [6, 6.07) is 7.78. The Hall–Kier alpha value is -1.61. The molecule has 0 saturated carbocycles. The lowest BCUT2D eigenvalue weighted by Gasteiger charge is -2.07. The molecule has 0 spiro atoms. The van der Waals surface area contributed by atoms with E-state index in [0.29, 0.717) is 6.42 Å². The van der Waals surface area contributed by atoms with Gasteiger partial charge in [0.2, 0.25) is 0 Å². The molecule has 0 saturated heterocycles. The van der Waals surface area contributed by atoms with Crippen LogP contribution < -0.4 is 5.32 Å². The first-order valence-corrected chi connectivity index (χ1v) is 5.44. The van der Waals surface area contributed by atoms with E-state index >= 15 is 0 Å². The summed E-state index contributed by atoms with van der Waals surface area (Å²) in [5, 5.41) is 12.1.